The second-order valence-corrected chi connectivity index (χ2v) is 3.40. The van der Waals surface area contributed by atoms with Gasteiger partial charge < -0.3 is 10.3 Å². The zero-order valence-electron chi connectivity index (χ0n) is 8.85. The lowest BCUT2D eigenvalue weighted by Crippen LogP contribution is -2.07. The highest BCUT2D eigenvalue weighted by Crippen LogP contribution is 2.16. The number of hydrogen-bond acceptors (Lipinski definition) is 2. The van der Waals surface area contributed by atoms with E-state index >= 15 is 0 Å². The van der Waals surface area contributed by atoms with Gasteiger partial charge in [0.05, 0.1) is 6.54 Å². The van der Waals surface area contributed by atoms with Gasteiger partial charge in [-0.25, -0.2) is 4.98 Å². The van der Waals surface area contributed by atoms with Crippen molar-refractivity contribution in [3.8, 4) is 5.69 Å². The van der Waals surface area contributed by atoms with Crippen molar-refractivity contribution >= 4 is 0 Å². The molecule has 2 rings (SSSR count). The maximum absolute atomic E-state index is 5.64. The Hall–Kier alpha value is -1.61. The Labute approximate surface area is 89.6 Å². The number of hydrogen-bond donors (Lipinski definition) is 1. The summed E-state index contributed by atoms with van der Waals surface area (Å²) in [5, 5.41) is 0. The third-order valence-corrected chi connectivity index (χ3v) is 2.53. The Balaban J connectivity index is 2.53. The van der Waals surface area contributed by atoms with Crippen LogP contribution >= 0.6 is 0 Å². The van der Waals surface area contributed by atoms with Crippen LogP contribution < -0.4 is 5.73 Å². The Morgan fingerprint density at radius 2 is 2.13 bits per heavy atom. The molecule has 3 nitrogen and oxygen atoms in total. The van der Waals surface area contributed by atoms with Crippen molar-refractivity contribution in [2.45, 2.75) is 19.9 Å². The Kier molecular flexibility index (Phi) is 2.83. The maximum atomic E-state index is 5.64. The molecule has 15 heavy (non-hydrogen) atoms. The van der Waals surface area contributed by atoms with Crippen molar-refractivity contribution in [3.05, 3.63) is 48.0 Å². The highest BCUT2D eigenvalue weighted by Gasteiger charge is 2.05. The summed E-state index contributed by atoms with van der Waals surface area (Å²) in [5.74, 6) is 0.899. The molecule has 0 bridgehead atoms. The van der Waals surface area contributed by atoms with Gasteiger partial charge in [-0.15, -0.1) is 0 Å². The van der Waals surface area contributed by atoms with Crippen LogP contribution in [0.4, 0.5) is 0 Å². The van der Waals surface area contributed by atoms with Gasteiger partial charge in [0, 0.05) is 18.1 Å². The van der Waals surface area contributed by atoms with E-state index in [9.17, 15) is 0 Å². The zero-order chi connectivity index (χ0) is 10.7. The van der Waals surface area contributed by atoms with Gasteiger partial charge in [-0.3, -0.25) is 0 Å². The minimum absolute atomic E-state index is 0.463. The van der Waals surface area contributed by atoms with Gasteiger partial charge in [0.25, 0.3) is 0 Å². The summed E-state index contributed by atoms with van der Waals surface area (Å²) in [6.45, 7) is 2.61. The first-order valence-electron chi connectivity index (χ1n) is 5.17. The minimum Gasteiger partial charge on any atom is -0.324 e. The largest absolute Gasteiger partial charge is 0.324 e. The molecule has 0 fully saturated rings. The fraction of sp³-hybridized carbons (Fsp3) is 0.250. The summed E-state index contributed by atoms with van der Waals surface area (Å²) in [5.41, 5.74) is 8.13. The van der Waals surface area contributed by atoms with E-state index in [1.54, 1.807) is 6.20 Å². The number of imidazole rings is 1. The molecule has 0 saturated heterocycles. The van der Waals surface area contributed by atoms with Crippen LogP contribution in [0, 0.1) is 0 Å². The number of nitrogens with two attached hydrogens (primary N) is 1. The molecule has 2 N–H and O–H groups in total. The van der Waals surface area contributed by atoms with Crippen molar-refractivity contribution in [3.63, 3.8) is 0 Å². The number of para-hydroxylation sites is 1. The third kappa shape index (κ3) is 1.78. The van der Waals surface area contributed by atoms with E-state index in [2.05, 4.69) is 34.7 Å². The van der Waals surface area contributed by atoms with Gasteiger partial charge >= 0.3 is 0 Å². The maximum Gasteiger partial charge on any atom is 0.126 e. The number of benzene rings is 1. The van der Waals surface area contributed by atoms with E-state index in [-0.39, 0.29) is 0 Å². The monoisotopic (exact) mass is 201 g/mol. The molecule has 0 unspecified atom stereocenters. The summed E-state index contributed by atoms with van der Waals surface area (Å²) >= 11 is 0. The Bertz CT molecular complexity index is 446. The number of nitrogens with zero attached hydrogens (tertiary/aromatic N) is 2. The fourth-order valence-electron chi connectivity index (χ4n) is 1.75. The molecule has 2 aromatic rings. The van der Waals surface area contributed by atoms with E-state index in [4.69, 9.17) is 5.73 Å². The van der Waals surface area contributed by atoms with Crippen LogP contribution in [0.1, 0.15) is 18.3 Å². The number of aromatic nitrogens is 2. The molecule has 0 radical (unpaired) electrons. The molecule has 0 amide bonds. The van der Waals surface area contributed by atoms with Crippen molar-refractivity contribution < 1.29 is 0 Å². The lowest BCUT2D eigenvalue weighted by molar-refractivity contribution is 0.858. The molecule has 0 aliphatic rings. The molecule has 0 aliphatic carbocycles. The first-order chi connectivity index (χ1) is 7.36. The molecule has 0 aliphatic heterocycles. The van der Waals surface area contributed by atoms with Crippen LogP contribution in [0.2, 0.25) is 0 Å². The summed E-state index contributed by atoms with van der Waals surface area (Å²) in [6, 6.07) is 8.32. The smallest absolute Gasteiger partial charge is 0.126 e. The molecule has 1 heterocycles. The first kappa shape index (κ1) is 9.93. The molecular weight excluding hydrogens is 186 g/mol. The SMILES string of the molecule is CCc1ccccc1-n1ccnc1CN. The van der Waals surface area contributed by atoms with Crippen LogP contribution in [0.15, 0.2) is 36.7 Å². The van der Waals surface area contributed by atoms with Crippen molar-refractivity contribution in [2.75, 3.05) is 0 Å². The quantitative estimate of drug-likeness (QED) is 0.824. The zero-order valence-corrected chi connectivity index (χ0v) is 8.85. The van der Waals surface area contributed by atoms with Crippen LogP contribution in [-0.4, -0.2) is 9.55 Å². The molecule has 3 heteroatoms. The molecule has 1 aromatic carbocycles. The van der Waals surface area contributed by atoms with Crippen molar-refractivity contribution in [1.82, 2.24) is 9.55 Å². The van der Waals surface area contributed by atoms with E-state index in [0.29, 0.717) is 6.54 Å². The molecule has 0 spiro atoms. The topological polar surface area (TPSA) is 43.8 Å². The highest BCUT2D eigenvalue weighted by molar-refractivity contribution is 5.41. The first-order valence-corrected chi connectivity index (χ1v) is 5.17. The van der Waals surface area contributed by atoms with Gasteiger partial charge in [0.15, 0.2) is 0 Å². The number of aryl methyl sites for hydroxylation is 1. The molecular formula is C12H15N3. The van der Waals surface area contributed by atoms with Crippen LogP contribution in [0.25, 0.3) is 5.69 Å². The molecule has 0 saturated carbocycles. The average molecular weight is 201 g/mol. The summed E-state index contributed by atoms with van der Waals surface area (Å²) < 4.78 is 2.05. The normalized spacial score (nSPS) is 10.5. The van der Waals surface area contributed by atoms with Crippen molar-refractivity contribution in [1.29, 1.82) is 0 Å². The van der Waals surface area contributed by atoms with Gasteiger partial charge in [0.2, 0.25) is 0 Å². The molecule has 1 aromatic heterocycles. The van der Waals surface area contributed by atoms with Gasteiger partial charge in [-0.2, -0.15) is 0 Å². The second kappa shape index (κ2) is 4.28. The average Bonchev–Trinajstić information content (AvgIpc) is 2.76. The van der Waals surface area contributed by atoms with E-state index in [1.165, 1.54) is 11.3 Å². The van der Waals surface area contributed by atoms with Gasteiger partial charge in [-0.05, 0) is 18.1 Å². The summed E-state index contributed by atoms with van der Waals surface area (Å²) in [4.78, 5) is 4.22. The molecule has 78 valence electrons. The third-order valence-electron chi connectivity index (χ3n) is 2.53. The minimum atomic E-state index is 0.463. The predicted molar refractivity (Wildman–Crippen MR) is 60.8 cm³/mol. The highest BCUT2D eigenvalue weighted by atomic mass is 15.1. The van der Waals surface area contributed by atoms with Crippen LogP contribution in [0.3, 0.4) is 0 Å². The Morgan fingerprint density at radius 1 is 1.33 bits per heavy atom. The Morgan fingerprint density at radius 3 is 2.87 bits per heavy atom. The van der Waals surface area contributed by atoms with E-state index in [1.807, 2.05) is 12.3 Å². The number of rotatable bonds is 3. The fourth-order valence-corrected chi connectivity index (χ4v) is 1.75. The van der Waals surface area contributed by atoms with Gasteiger partial charge in [0.1, 0.15) is 5.82 Å². The summed E-state index contributed by atoms with van der Waals surface area (Å²) in [7, 11) is 0. The summed E-state index contributed by atoms with van der Waals surface area (Å²) in [6.07, 6.45) is 4.75. The predicted octanol–water partition coefficient (Wildman–Crippen LogP) is 1.89. The molecule has 0 atom stereocenters. The lowest BCUT2D eigenvalue weighted by Gasteiger charge is -2.10. The second-order valence-electron chi connectivity index (χ2n) is 3.40. The lowest BCUT2D eigenvalue weighted by atomic mass is 10.1. The van der Waals surface area contributed by atoms with Crippen LogP contribution in [0.5, 0.6) is 0 Å². The standard InChI is InChI=1S/C12H15N3/c1-2-10-5-3-4-6-11(10)15-8-7-14-12(15)9-13/h3-8H,2,9,13H2,1H3. The van der Waals surface area contributed by atoms with Crippen molar-refractivity contribution in [2.24, 2.45) is 5.73 Å². The van der Waals surface area contributed by atoms with Gasteiger partial charge in [-0.1, -0.05) is 25.1 Å². The van der Waals surface area contributed by atoms with Crippen LogP contribution in [-0.2, 0) is 13.0 Å². The van der Waals surface area contributed by atoms with E-state index < -0.39 is 0 Å². The van der Waals surface area contributed by atoms with E-state index in [0.717, 1.165) is 12.2 Å².